The molecule has 0 spiro atoms. The number of aromatic nitrogens is 2. The molecule has 17 heavy (non-hydrogen) atoms. The van der Waals surface area contributed by atoms with E-state index in [1.54, 1.807) is 0 Å². The molecule has 0 saturated heterocycles. The van der Waals surface area contributed by atoms with Crippen molar-refractivity contribution in [3.63, 3.8) is 0 Å². The number of rotatable bonds is 2. The molecule has 1 aromatic heterocycles. The maximum atomic E-state index is 9.49. The second-order valence-electron chi connectivity index (χ2n) is 5.39. The van der Waals surface area contributed by atoms with Crippen molar-refractivity contribution >= 4 is 15.9 Å². The number of nitrogens with zero attached hydrogens (tertiary/aromatic N) is 3. The Morgan fingerprint density at radius 1 is 1.65 bits per heavy atom. The summed E-state index contributed by atoms with van der Waals surface area (Å²) in [6.45, 7) is 4.23. The van der Waals surface area contributed by atoms with E-state index in [1.807, 2.05) is 18.7 Å². The molecule has 1 aliphatic rings. The maximum absolute atomic E-state index is 9.49. The molecule has 1 aliphatic carbocycles. The van der Waals surface area contributed by atoms with Crippen LogP contribution >= 0.6 is 15.9 Å². The predicted octanol–water partition coefficient (Wildman–Crippen LogP) is 3.36. The van der Waals surface area contributed by atoms with Crippen LogP contribution in [0.4, 0.5) is 0 Å². The molecule has 2 rings (SSSR count). The largest absolute Gasteiger partial charge is 0.271 e. The third-order valence-corrected chi connectivity index (χ3v) is 4.89. The molecule has 3 nitrogen and oxygen atoms in total. The number of hydrogen-bond acceptors (Lipinski definition) is 2. The Morgan fingerprint density at radius 3 is 2.76 bits per heavy atom. The molecule has 0 aliphatic heterocycles. The molecule has 1 fully saturated rings. The highest BCUT2D eigenvalue weighted by Crippen LogP contribution is 2.44. The lowest BCUT2D eigenvalue weighted by atomic mass is 9.82. The van der Waals surface area contributed by atoms with E-state index in [2.05, 4.69) is 34.0 Å². The average molecular weight is 296 g/mol. The van der Waals surface area contributed by atoms with Crippen LogP contribution in [0.25, 0.3) is 0 Å². The minimum Gasteiger partial charge on any atom is -0.271 e. The molecule has 2 unspecified atom stereocenters. The van der Waals surface area contributed by atoms with E-state index in [0.717, 1.165) is 35.1 Å². The first-order valence-corrected chi connectivity index (χ1v) is 6.86. The minimum atomic E-state index is -0.178. The predicted molar refractivity (Wildman–Crippen MR) is 70.4 cm³/mol. The summed E-state index contributed by atoms with van der Waals surface area (Å²) >= 11 is 3.58. The van der Waals surface area contributed by atoms with Crippen LogP contribution in [0, 0.1) is 29.6 Å². The summed E-state index contributed by atoms with van der Waals surface area (Å²) in [4.78, 5) is 0. The van der Waals surface area contributed by atoms with Crippen molar-refractivity contribution in [2.24, 2.45) is 18.4 Å². The molecule has 0 N–H and O–H groups in total. The zero-order valence-electron chi connectivity index (χ0n) is 10.6. The minimum absolute atomic E-state index is 0.178. The Bertz CT molecular complexity index is 472. The van der Waals surface area contributed by atoms with Crippen molar-refractivity contribution in [3.05, 3.63) is 15.9 Å². The number of aryl methyl sites for hydroxylation is 2. The van der Waals surface area contributed by atoms with Crippen LogP contribution in [0.2, 0.25) is 0 Å². The van der Waals surface area contributed by atoms with Gasteiger partial charge in [-0.25, -0.2) is 0 Å². The van der Waals surface area contributed by atoms with Gasteiger partial charge in [-0.1, -0.05) is 6.92 Å². The summed E-state index contributed by atoms with van der Waals surface area (Å²) in [6, 6.07) is 2.56. The summed E-state index contributed by atoms with van der Waals surface area (Å²) in [5.74, 6) is 0.669. The zero-order valence-corrected chi connectivity index (χ0v) is 12.2. The van der Waals surface area contributed by atoms with Gasteiger partial charge in [-0.05, 0) is 48.0 Å². The molecule has 1 saturated carbocycles. The molecule has 2 atom stereocenters. The Hall–Kier alpha value is -0.820. The summed E-state index contributed by atoms with van der Waals surface area (Å²) in [6.07, 6.45) is 4.01. The third kappa shape index (κ3) is 2.26. The lowest BCUT2D eigenvalue weighted by Crippen LogP contribution is -2.20. The molecule has 0 amide bonds. The van der Waals surface area contributed by atoms with Crippen LogP contribution in [0.1, 0.15) is 37.6 Å². The quantitative estimate of drug-likeness (QED) is 0.839. The van der Waals surface area contributed by atoms with Gasteiger partial charge in [-0.15, -0.1) is 0 Å². The van der Waals surface area contributed by atoms with E-state index in [4.69, 9.17) is 0 Å². The topological polar surface area (TPSA) is 41.6 Å². The Labute approximate surface area is 111 Å². The summed E-state index contributed by atoms with van der Waals surface area (Å²) < 4.78 is 2.97. The van der Waals surface area contributed by atoms with Gasteiger partial charge in [-0.2, -0.15) is 10.4 Å². The van der Waals surface area contributed by atoms with Gasteiger partial charge in [0.15, 0.2) is 0 Å². The van der Waals surface area contributed by atoms with Crippen molar-refractivity contribution in [3.8, 4) is 6.07 Å². The van der Waals surface area contributed by atoms with Crippen molar-refractivity contribution < 1.29 is 0 Å². The smallest absolute Gasteiger partial charge is 0.0738 e. The molecule has 4 heteroatoms. The standard InChI is InChI=1S/C13H18BrN3/c1-9-4-5-13(6-9,8-15)7-11-12(14)10(2)16-17(11)3/h9H,4-7H2,1-3H3. The Kier molecular flexibility index (Phi) is 3.31. The zero-order chi connectivity index (χ0) is 12.6. The second kappa shape index (κ2) is 4.45. The first-order valence-electron chi connectivity index (χ1n) is 6.07. The summed E-state index contributed by atoms with van der Waals surface area (Å²) in [5.41, 5.74) is 1.97. The van der Waals surface area contributed by atoms with Gasteiger partial charge in [0.05, 0.1) is 27.3 Å². The molecule has 0 aromatic carbocycles. The Morgan fingerprint density at radius 2 is 2.35 bits per heavy atom. The number of nitriles is 1. The normalized spacial score (nSPS) is 28.3. The Balaban J connectivity index is 2.28. The van der Waals surface area contributed by atoms with Crippen LogP contribution < -0.4 is 0 Å². The van der Waals surface area contributed by atoms with E-state index >= 15 is 0 Å². The number of halogens is 1. The molecule has 0 bridgehead atoms. The molecule has 1 heterocycles. The molecule has 1 aromatic rings. The fourth-order valence-electron chi connectivity index (χ4n) is 2.89. The van der Waals surface area contributed by atoms with Gasteiger partial charge in [-0.3, -0.25) is 4.68 Å². The van der Waals surface area contributed by atoms with Crippen molar-refractivity contribution in [2.75, 3.05) is 0 Å². The van der Waals surface area contributed by atoms with Crippen molar-refractivity contribution in [1.29, 1.82) is 5.26 Å². The molecule has 0 radical (unpaired) electrons. The van der Waals surface area contributed by atoms with Gasteiger partial charge < -0.3 is 0 Å². The van der Waals surface area contributed by atoms with Crippen molar-refractivity contribution in [2.45, 2.75) is 39.5 Å². The SMILES string of the molecule is Cc1nn(C)c(CC2(C#N)CCC(C)C2)c1Br. The van der Waals surface area contributed by atoms with Gasteiger partial charge >= 0.3 is 0 Å². The van der Waals surface area contributed by atoms with Crippen molar-refractivity contribution in [1.82, 2.24) is 9.78 Å². The van der Waals surface area contributed by atoms with Crippen LogP contribution in [0.3, 0.4) is 0 Å². The fraction of sp³-hybridized carbons (Fsp3) is 0.692. The molecule has 92 valence electrons. The van der Waals surface area contributed by atoms with Crippen LogP contribution in [0.5, 0.6) is 0 Å². The monoisotopic (exact) mass is 295 g/mol. The lowest BCUT2D eigenvalue weighted by Gasteiger charge is -2.20. The highest BCUT2D eigenvalue weighted by molar-refractivity contribution is 9.10. The first-order chi connectivity index (χ1) is 7.97. The maximum Gasteiger partial charge on any atom is 0.0738 e. The lowest BCUT2D eigenvalue weighted by molar-refractivity contribution is 0.380. The highest BCUT2D eigenvalue weighted by Gasteiger charge is 2.39. The van der Waals surface area contributed by atoms with Crippen LogP contribution in [-0.2, 0) is 13.5 Å². The fourth-order valence-corrected chi connectivity index (χ4v) is 3.36. The second-order valence-corrected chi connectivity index (χ2v) is 6.18. The van der Waals surface area contributed by atoms with E-state index in [9.17, 15) is 5.26 Å². The highest BCUT2D eigenvalue weighted by atomic mass is 79.9. The van der Waals surface area contributed by atoms with E-state index in [1.165, 1.54) is 6.42 Å². The van der Waals surface area contributed by atoms with Gasteiger partial charge in [0.2, 0.25) is 0 Å². The van der Waals surface area contributed by atoms with Gasteiger partial charge in [0.25, 0.3) is 0 Å². The summed E-state index contributed by atoms with van der Waals surface area (Å²) in [5, 5.41) is 13.9. The summed E-state index contributed by atoms with van der Waals surface area (Å²) in [7, 11) is 1.95. The van der Waals surface area contributed by atoms with E-state index < -0.39 is 0 Å². The third-order valence-electron chi connectivity index (χ3n) is 3.86. The van der Waals surface area contributed by atoms with Gasteiger partial charge in [0, 0.05) is 13.5 Å². The number of hydrogen-bond donors (Lipinski definition) is 0. The van der Waals surface area contributed by atoms with Gasteiger partial charge in [0.1, 0.15) is 0 Å². The first kappa shape index (κ1) is 12.6. The van der Waals surface area contributed by atoms with Crippen LogP contribution in [0.15, 0.2) is 4.47 Å². The van der Waals surface area contributed by atoms with E-state index in [-0.39, 0.29) is 5.41 Å². The molecular weight excluding hydrogens is 278 g/mol. The molecular formula is C13H18BrN3. The average Bonchev–Trinajstić information content (AvgIpc) is 2.76. The van der Waals surface area contributed by atoms with E-state index in [0.29, 0.717) is 5.92 Å². The van der Waals surface area contributed by atoms with Crippen LogP contribution in [-0.4, -0.2) is 9.78 Å².